The van der Waals surface area contributed by atoms with Gasteiger partial charge in [-0.3, -0.25) is 10.2 Å². The second kappa shape index (κ2) is 7.21. The summed E-state index contributed by atoms with van der Waals surface area (Å²) in [5.74, 6) is 0.0452. The van der Waals surface area contributed by atoms with Crippen molar-refractivity contribution in [3.63, 3.8) is 0 Å². The van der Waals surface area contributed by atoms with Gasteiger partial charge in [0.15, 0.2) is 0 Å². The molecule has 1 aromatic carbocycles. The highest BCUT2D eigenvalue weighted by molar-refractivity contribution is 7.89. The molecular weight excluding hydrogens is 304 g/mol. The molecule has 0 saturated carbocycles. The summed E-state index contributed by atoms with van der Waals surface area (Å²) in [6, 6.07) is 6.66. The third-order valence-corrected chi connectivity index (χ3v) is 4.67. The predicted octanol–water partition coefficient (Wildman–Crippen LogP) is 1.37. The molecule has 1 aliphatic rings. The third kappa shape index (κ3) is 4.53. The van der Waals surface area contributed by atoms with Crippen LogP contribution >= 0.6 is 0 Å². The van der Waals surface area contributed by atoms with E-state index in [0.717, 1.165) is 18.4 Å². The zero-order valence-corrected chi connectivity index (χ0v) is 13.7. The standard InChI is InChI=1S/C15H22N2O4S/c1-11(2)10-12-5-7-13(8-6-12)22(19,20)17-16-15(18)14-4-3-9-21-14/h5-8,11,14,17H,3-4,9-10H2,1-2H3,(H,16,18). The third-order valence-electron chi connectivity index (χ3n) is 3.41. The molecule has 122 valence electrons. The molecule has 1 heterocycles. The fraction of sp³-hybridized carbons (Fsp3) is 0.533. The topological polar surface area (TPSA) is 84.5 Å². The largest absolute Gasteiger partial charge is 0.368 e. The van der Waals surface area contributed by atoms with Crippen LogP contribution in [-0.2, 0) is 26.0 Å². The van der Waals surface area contributed by atoms with Crippen LogP contribution in [0.3, 0.4) is 0 Å². The number of rotatable bonds is 6. The molecule has 1 aliphatic heterocycles. The molecule has 2 N–H and O–H groups in total. The predicted molar refractivity (Wildman–Crippen MR) is 82.4 cm³/mol. The minimum Gasteiger partial charge on any atom is -0.368 e. The number of hydrazine groups is 1. The summed E-state index contributed by atoms with van der Waals surface area (Å²) < 4.78 is 29.4. The Morgan fingerprint density at radius 1 is 1.32 bits per heavy atom. The molecular formula is C15H22N2O4S. The van der Waals surface area contributed by atoms with E-state index in [2.05, 4.69) is 24.1 Å². The SMILES string of the molecule is CC(C)Cc1ccc(S(=O)(=O)NNC(=O)C2CCCO2)cc1. The van der Waals surface area contributed by atoms with E-state index in [1.165, 1.54) is 12.1 Å². The van der Waals surface area contributed by atoms with Crippen LogP contribution in [0, 0.1) is 5.92 Å². The van der Waals surface area contributed by atoms with Crippen LogP contribution < -0.4 is 10.3 Å². The second-order valence-electron chi connectivity index (χ2n) is 5.84. The van der Waals surface area contributed by atoms with E-state index in [4.69, 9.17) is 4.74 Å². The van der Waals surface area contributed by atoms with Gasteiger partial charge in [-0.1, -0.05) is 26.0 Å². The van der Waals surface area contributed by atoms with E-state index in [9.17, 15) is 13.2 Å². The molecule has 0 aliphatic carbocycles. The average Bonchev–Trinajstić information content (AvgIpc) is 2.99. The van der Waals surface area contributed by atoms with Gasteiger partial charge >= 0.3 is 0 Å². The molecule has 1 amide bonds. The molecule has 1 unspecified atom stereocenters. The van der Waals surface area contributed by atoms with Crippen molar-refractivity contribution in [3.8, 4) is 0 Å². The molecule has 7 heteroatoms. The minimum atomic E-state index is -3.77. The lowest BCUT2D eigenvalue weighted by Gasteiger charge is -2.12. The Kier molecular flexibility index (Phi) is 5.55. The average molecular weight is 326 g/mol. The van der Waals surface area contributed by atoms with Gasteiger partial charge in [0.05, 0.1) is 4.90 Å². The number of hydrogen-bond acceptors (Lipinski definition) is 4. The van der Waals surface area contributed by atoms with Crippen molar-refractivity contribution in [2.24, 2.45) is 5.92 Å². The highest BCUT2D eigenvalue weighted by Gasteiger charge is 2.25. The Hall–Kier alpha value is -1.44. The van der Waals surface area contributed by atoms with Gasteiger partial charge in [0, 0.05) is 6.61 Å². The molecule has 1 atom stereocenters. The van der Waals surface area contributed by atoms with Crippen molar-refractivity contribution in [1.82, 2.24) is 10.3 Å². The molecule has 0 radical (unpaired) electrons. The summed E-state index contributed by atoms with van der Waals surface area (Å²) in [5.41, 5.74) is 3.29. The van der Waals surface area contributed by atoms with Gasteiger partial charge in [-0.2, -0.15) is 0 Å². The number of amides is 1. The van der Waals surface area contributed by atoms with Crippen LogP contribution in [0.4, 0.5) is 0 Å². The fourth-order valence-electron chi connectivity index (χ4n) is 2.32. The molecule has 0 aromatic heterocycles. The smallest absolute Gasteiger partial charge is 0.264 e. The zero-order chi connectivity index (χ0) is 16.2. The normalized spacial score (nSPS) is 18.6. The molecule has 22 heavy (non-hydrogen) atoms. The number of hydrogen-bond donors (Lipinski definition) is 2. The zero-order valence-electron chi connectivity index (χ0n) is 12.8. The van der Waals surface area contributed by atoms with Crippen LogP contribution in [0.1, 0.15) is 32.3 Å². The summed E-state index contributed by atoms with van der Waals surface area (Å²) in [5, 5.41) is 0. The maximum absolute atomic E-state index is 12.1. The summed E-state index contributed by atoms with van der Waals surface area (Å²) in [4.78, 5) is 14.0. The van der Waals surface area contributed by atoms with Gasteiger partial charge in [0.1, 0.15) is 6.10 Å². The highest BCUT2D eigenvalue weighted by atomic mass is 32.2. The number of carbonyl (C=O) groups excluding carboxylic acids is 1. The van der Waals surface area contributed by atoms with Crippen LogP contribution in [0.15, 0.2) is 29.2 Å². The highest BCUT2D eigenvalue weighted by Crippen LogP contribution is 2.14. The van der Waals surface area contributed by atoms with Gasteiger partial charge in [0.25, 0.3) is 15.9 Å². The lowest BCUT2D eigenvalue weighted by Crippen LogP contribution is -2.46. The van der Waals surface area contributed by atoms with E-state index < -0.39 is 22.0 Å². The lowest BCUT2D eigenvalue weighted by atomic mass is 10.0. The first kappa shape index (κ1) is 16.9. The number of benzene rings is 1. The van der Waals surface area contributed by atoms with Crippen LogP contribution in [0.5, 0.6) is 0 Å². The Bertz CT molecular complexity index is 605. The molecule has 6 nitrogen and oxygen atoms in total. The van der Waals surface area contributed by atoms with Gasteiger partial charge in [-0.25, -0.2) is 8.42 Å². The van der Waals surface area contributed by atoms with E-state index >= 15 is 0 Å². The number of ether oxygens (including phenoxy) is 1. The number of nitrogens with one attached hydrogen (secondary N) is 2. The number of carbonyl (C=O) groups is 1. The van der Waals surface area contributed by atoms with E-state index in [-0.39, 0.29) is 4.90 Å². The lowest BCUT2D eigenvalue weighted by molar-refractivity contribution is -0.130. The van der Waals surface area contributed by atoms with Crippen molar-refractivity contribution in [2.45, 2.75) is 44.1 Å². The monoisotopic (exact) mass is 326 g/mol. The van der Waals surface area contributed by atoms with Crippen LogP contribution in [-0.4, -0.2) is 27.0 Å². The summed E-state index contributed by atoms with van der Waals surface area (Å²) in [6.45, 7) is 4.74. The molecule has 2 rings (SSSR count). The molecule has 0 bridgehead atoms. The van der Waals surface area contributed by atoms with Gasteiger partial charge in [-0.05, 0) is 42.9 Å². The molecule has 1 aromatic rings. The van der Waals surface area contributed by atoms with Crippen molar-refractivity contribution in [1.29, 1.82) is 0 Å². The van der Waals surface area contributed by atoms with E-state index in [1.807, 2.05) is 0 Å². The van der Waals surface area contributed by atoms with Crippen LogP contribution in [0.25, 0.3) is 0 Å². The van der Waals surface area contributed by atoms with Crippen molar-refractivity contribution < 1.29 is 17.9 Å². The van der Waals surface area contributed by atoms with Crippen molar-refractivity contribution in [2.75, 3.05) is 6.61 Å². The van der Waals surface area contributed by atoms with Gasteiger partial charge in [-0.15, -0.1) is 4.83 Å². The van der Waals surface area contributed by atoms with E-state index in [1.54, 1.807) is 12.1 Å². The van der Waals surface area contributed by atoms with E-state index in [0.29, 0.717) is 18.9 Å². The first-order chi connectivity index (χ1) is 10.4. The minimum absolute atomic E-state index is 0.118. The summed E-state index contributed by atoms with van der Waals surface area (Å²) in [7, 11) is -3.77. The first-order valence-electron chi connectivity index (χ1n) is 7.40. The Morgan fingerprint density at radius 3 is 2.55 bits per heavy atom. The van der Waals surface area contributed by atoms with Crippen molar-refractivity contribution >= 4 is 15.9 Å². The fourth-order valence-corrected chi connectivity index (χ4v) is 3.16. The van der Waals surface area contributed by atoms with Gasteiger partial charge < -0.3 is 4.74 Å². The van der Waals surface area contributed by atoms with Gasteiger partial charge in [0.2, 0.25) is 0 Å². The summed E-state index contributed by atoms with van der Waals surface area (Å²) >= 11 is 0. The Morgan fingerprint density at radius 2 is 2.00 bits per heavy atom. The van der Waals surface area contributed by atoms with Crippen molar-refractivity contribution in [3.05, 3.63) is 29.8 Å². The Labute approximate surface area is 131 Å². The maximum atomic E-state index is 12.1. The number of sulfonamides is 1. The summed E-state index contributed by atoms with van der Waals surface area (Å²) in [6.07, 6.45) is 1.74. The molecule has 1 fully saturated rings. The second-order valence-corrected chi connectivity index (χ2v) is 7.52. The quantitative estimate of drug-likeness (QED) is 0.773. The molecule has 1 saturated heterocycles. The Balaban J connectivity index is 1.96. The first-order valence-corrected chi connectivity index (χ1v) is 8.89. The van der Waals surface area contributed by atoms with Crippen LogP contribution in [0.2, 0.25) is 0 Å². The molecule has 0 spiro atoms. The maximum Gasteiger partial charge on any atom is 0.264 e.